The maximum Gasteiger partial charge on any atom is 0.246 e. The van der Waals surface area contributed by atoms with Crippen LogP contribution in [0.25, 0.3) is 10.9 Å². The van der Waals surface area contributed by atoms with E-state index in [-0.39, 0.29) is 24.4 Å². The Bertz CT molecular complexity index is 1340. The van der Waals surface area contributed by atoms with Crippen molar-refractivity contribution in [2.45, 2.75) is 44.3 Å². The monoisotopic (exact) mass is 467 g/mol. The molecule has 1 fully saturated rings. The highest BCUT2D eigenvalue weighted by Crippen LogP contribution is 2.41. The summed E-state index contributed by atoms with van der Waals surface area (Å²) in [6, 6.07) is 18.0. The molecular formula is C28H29N5O2. The number of hydrogen-bond donors (Lipinski definition) is 1. The summed E-state index contributed by atoms with van der Waals surface area (Å²) >= 11 is 0. The van der Waals surface area contributed by atoms with E-state index >= 15 is 0 Å². The van der Waals surface area contributed by atoms with Crippen LogP contribution < -0.4 is 0 Å². The third-order valence-corrected chi connectivity index (χ3v) is 7.41. The van der Waals surface area contributed by atoms with E-state index in [1.807, 2.05) is 46.0 Å². The van der Waals surface area contributed by atoms with Crippen molar-refractivity contribution in [1.29, 1.82) is 0 Å². The number of aromatic nitrogens is 3. The third-order valence-electron chi connectivity index (χ3n) is 7.41. The summed E-state index contributed by atoms with van der Waals surface area (Å²) in [7, 11) is 0. The van der Waals surface area contributed by atoms with Gasteiger partial charge in [0.2, 0.25) is 11.8 Å². The molecule has 0 aliphatic carbocycles. The van der Waals surface area contributed by atoms with E-state index in [4.69, 9.17) is 0 Å². The highest BCUT2D eigenvalue weighted by Gasteiger charge is 2.47. The number of amides is 2. The van der Waals surface area contributed by atoms with Gasteiger partial charge < -0.3 is 19.4 Å². The molecule has 0 bridgehead atoms. The molecule has 2 aliphatic rings. The second kappa shape index (κ2) is 9.06. The predicted octanol–water partition coefficient (Wildman–Crippen LogP) is 3.72. The Morgan fingerprint density at radius 2 is 1.83 bits per heavy atom. The average molecular weight is 468 g/mol. The van der Waals surface area contributed by atoms with Gasteiger partial charge in [-0.15, -0.1) is 0 Å². The van der Waals surface area contributed by atoms with E-state index in [0.29, 0.717) is 13.0 Å². The number of nitrogens with one attached hydrogen (secondary N) is 1. The molecule has 4 aromatic rings. The molecule has 2 aromatic heterocycles. The number of imidazole rings is 1. The average Bonchev–Trinajstić information content (AvgIpc) is 3.53. The fourth-order valence-electron chi connectivity index (χ4n) is 5.74. The summed E-state index contributed by atoms with van der Waals surface area (Å²) in [6.07, 6.45) is 8.43. The van der Waals surface area contributed by atoms with E-state index in [2.05, 4.69) is 34.2 Å². The number of carbonyl (C=O) groups is 2. The predicted molar refractivity (Wildman–Crippen MR) is 134 cm³/mol. The summed E-state index contributed by atoms with van der Waals surface area (Å²) in [6.45, 7) is 1.50. The highest BCUT2D eigenvalue weighted by atomic mass is 16.2. The molecule has 1 saturated heterocycles. The minimum Gasteiger partial charge on any atom is -0.356 e. The van der Waals surface area contributed by atoms with Gasteiger partial charge in [0.1, 0.15) is 6.04 Å². The Morgan fingerprint density at radius 3 is 2.66 bits per heavy atom. The molecular weight excluding hydrogens is 438 g/mol. The molecule has 7 heteroatoms. The van der Waals surface area contributed by atoms with E-state index in [1.165, 1.54) is 11.1 Å². The fourth-order valence-corrected chi connectivity index (χ4v) is 5.74. The number of para-hydroxylation sites is 1. The van der Waals surface area contributed by atoms with Crippen LogP contribution in [-0.4, -0.2) is 55.3 Å². The SMILES string of the molecule is O=C1[C@@H]2Cc3c([nH]c4ccccc34)[C@@H](CCc3ccccc3)N2C(=O)CN1CCCn1ccnc1. The quantitative estimate of drug-likeness (QED) is 0.450. The van der Waals surface area contributed by atoms with Crippen molar-refractivity contribution >= 4 is 22.7 Å². The van der Waals surface area contributed by atoms with Crippen LogP contribution in [0.15, 0.2) is 73.3 Å². The van der Waals surface area contributed by atoms with Crippen molar-refractivity contribution in [3.63, 3.8) is 0 Å². The van der Waals surface area contributed by atoms with Crippen molar-refractivity contribution in [2.75, 3.05) is 13.1 Å². The molecule has 4 heterocycles. The second-order valence-electron chi connectivity index (χ2n) is 9.54. The summed E-state index contributed by atoms with van der Waals surface area (Å²) in [5.74, 6) is 0.107. The van der Waals surface area contributed by atoms with E-state index in [9.17, 15) is 9.59 Å². The molecule has 2 atom stereocenters. The van der Waals surface area contributed by atoms with Crippen LogP contribution >= 0.6 is 0 Å². The lowest BCUT2D eigenvalue weighted by Gasteiger charge is -2.47. The van der Waals surface area contributed by atoms with Gasteiger partial charge in [0.25, 0.3) is 0 Å². The maximum atomic E-state index is 13.7. The van der Waals surface area contributed by atoms with Gasteiger partial charge in [-0.1, -0.05) is 48.5 Å². The number of nitrogens with zero attached hydrogens (tertiary/aromatic N) is 4. The van der Waals surface area contributed by atoms with Crippen molar-refractivity contribution in [2.24, 2.45) is 0 Å². The molecule has 2 amide bonds. The summed E-state index contributed by atoms with van der Waals surface area (Å²) in [4.78, 5) is 38.5. The van der Waals surface area contributed by atoms with Gasteiger partial charge in [-0.05, 0) is 36.5 Å². The van der Waals surface area contributed by atoms with Crippen molar-refractivity contribution in [3.05, 3.63) is 90.1 Å². The molecule has 178 valence electrons. The van der Waals surface area contributed by atoms with Crippen LogP contribution in [-0.2, 0) is 29.0 Å². The number of aromatic amines is 1. The zero-order valence-electron chi connectivity index (χ0n) is 19.6. The molecule has 35 heavy (non-hydrogen) atoms. The lowest BCUT2D eigenvalue weighted by Crippen LogP contribution is -2.63. The smallest absolute Gasteiger partial charge is 0.246 e. The van der Waals surface area contributed by atoms with Gasteiger partial charge in [0.05, 0.1) is 18.9 Å². The number of H-pyrrole nitrogens is 1. The molecule has 0 radical (unpaired) electrons. The van der Waals surface area contributed by atoms with Crippen LogP contribution in [0.5, 0.6) is 0 Å². The number of aryl methyl sites for hydroxylation is 2. The normalized spacial score (nSPS) is 19.8. The first-order valence-electron chi connectivity index (χ1n) is 12.4. The van der Waals surface area contributed by atoms with Gasteiger partial charge in [0.15, 0.2) is 0 Å². The first-order valence-corrected chi connectivity index (χ1v) is 12.4. The van der Waals surface area contributed by atoms with Crippen molar-refractivity contribution < 1.29 is 9.59 Å². The van der Waals surface area contributed by atoms with Crippen molar-refractivity contribution in [1.82, 2.24) is 24.3 Å². The Hall–Kier alpha value is -3.87. The van der Waals surface area contributed by atoms with Crippen LogP contribution in [0.1, 0.15) is 35.7 Å². The van der Waals surface area contributed by atoms with Gasteiger partial charge in [-0.3, -0.25) is 9.59 Å². The molecule has 1 N–H and O–H groups in total. The number of piperazine rings is 1. The largest absolute Gasteiger partial charge is 0.356 e. The third kappa shape index (κ3) is 4.01. The number of rotatable bonds is 7. The Labute approximate surface area is 204 Å². The van der Waals surface area contributed by atoms with Crippen LogP contribution in [0.2, 0.25) is 0 Å². The van der Waals surface area contributed by atoms with Gasteiger partial charge in [-0.25, -0.2) is 4.98 Å². The maximum absolute atomic E-state index is 13.7. The lowest BCUT2D eigenvalue weighted by molar-refractivity contribution is -0.160. The van der Waals surface area contributed by atoms with Crippen LogP contribution in [0, 0.1) is 0 Å². The van der Waals surface area contributed by atoms with E-state index < -0.39 is 6.04 Å². The van der Waals surface area contributed by atoms with Gasteiger partial charge >= 0.3 is 0 Å². The van der Waals surface area contributed by atoms with E-state index in [1.54, 1.807) is 17.4 Å². The molecule has 2 aliphatic heterocycles. The fraction of sp³-hybridized carbons (Fsp3) is 0.321. The van der Waals surface area contributed by atoms with Gasteiger partial charge in [0, 0.05) is 48.5 Å². The topological polar surface area (TPSA) is 74.2 Å². The zero-order valence-corrected chi connectivity index (χ0v) is 19.6. The van der Waals surface area contributed by atoms with Crippen LogP contribution in [0.4, 0.5) is 0 Å². The summed E-state index contributed by atoms with van der Waals surface area (Å²) in [5, 5.41) is 1.16. The number of benzene rings is 2. The Balaban J connectivity index is 1.29. The molecule has 7 nitrogen and oxygen atoms in total. The summed E-state index contributed by atoms with van der Waals surface area (Å²) in [5.41, 5.74) is 4.58. The molecule has 0 unspecified atom stereocenters. The number of carbonyl (C=O) groups excluding carboxylic acids is 2. The molecule has 0 spiro atoms. The minimum absolute atomic E-state index is 0.0413. The first kappa shape index (κ1) is 21.6. The van der Waals surface area contributed by atoms with Crippen LogP contribution in [0.3, 0.4) is 0 Å². The number of hydrogen-bond acceptors (Lipinski definition) is 3. The Morgan fingerprint density at radius 1 is 1.00 bits per heavy atom. The standard InChI is InChI=1S/C28H29N5O2/c34-26-18-32(15-6-14-31-16-13-29-19-31)28(35)25-17-22-21-9-4-5-10-23(21)30-27(22)24(33(25)26)12-11-20-7-2-1-3-8-20/h1-5,7-10,13,16,19,24-25,30H,6,11-12,14-15,17-18H2/t24-,25+/m1/s1. The molecule has 6 rings (SSSR count). The molecule has 0 saturated carbocycles. The highest BCUT2D eigenvalue weighted by molar-refractivity contribution is 5.97. The number of fused-ring (bicyclic) bond motifs is 4. The van der Waals surface area contributed by atoms with Gasteiger partial charge in [-0.2, -0.15) is 0 Å². The minimum atomic E-state index is -0.447. The van der Waals surface area contributed by atoms with E-state index in [0.717, 1.165) is 42.4 Å². The lowest BCUT2D eigenvalue weighted by atomic mass is 9.86. The first-order chi connectivity index (χ1) is 17.2. The molecule has 2 aromatic carbocycles. The van der Waals surface area contributed by atoms with Crippen molar-refractivity contribution in [3.8, 4) is 0 Å². The second-order valence-corrected chi connectivity index (χ2v) is 9.54. The zero-order chi connectivity index (χ0) is 23.8. The summed E-state index contributed by atoms with van der Waals surface area (Å²) < 4.78 is 2.00. The Kier molecular flexibility index (Phi) is 5.60.